The Morgan fingerprint density at radius 1 is 1.33 bits per heavy atom. The number of hydrogen-bond acceptors (Lipinski definition) is 5. The lowest BCUT2D eigenvalue weighted by Gasteiger charge is -2.13. The average molecular weight is 325 g/mol. The summed E-state index contributed by atoms with van der Waals surface area (Å²) in [6.07, 6.45) is 1.66. The topological polar surface area (TPSA) is 74.0 Å². The second-order valence-corrected chi connectivity index (χ2v) is 5.40. The maximum Gasteiger partial charge on any atom is 0.281 e. The van der Waals surface area contributed by atoms with Gasteiger partial charge in [-0.15, -0.1) is 6.58 Å². The van der Waals surface area contributed by atoms with E-state index < -0.39 is 0 Å². The molecule has 0 aliphatic rings. The molecule has 1 aromatic carbocycles. The number of allylic oxidation sites excluding steroid dienone is 1. The van der Waals surface area contributed by atoms with Crippen LogP contribution in [0.5, 0.6) is 5.75 Å². The number of benzene rings is 1. The average Bonchev–Trinajstić information content (AvgIpc) is 2.86. The molecule has 0 saturated heterocycles. The van der Waals surface area contributed by atoms with Crippen LogP contribution in [0.3, 0.4) is 0 Å². The highest BCUT2D eigenvalue weighted by Crippen LogP contribution is 2.20. The maximum absolute atomic E-state index is 12.8. The van der Waals surface area contributed by atoms with E-state index >= 15 is 0 Å². The molecular weight excluding hydrogens is 306 g/mol. The van der Waals surface area contributed by atoms with Gasteiger partial charge in [0, 0.05) is 19.3 Å². The normalized spacial score (nSPS) is 10.8. The van der Waals surface area contributed by atoms with Crippen LogP contribution in [0.15, 0.2) is 41.7 Å². The summed E-state index contributed by atoms with van der Waals surface area (Å²) in [6, 6.07) is 7.41. The summed E-state index contributed by atoms with van der Waals surface area (Å²) < 4.78 is 8.26. The molecule has 0 radical (unpaired) electrons. The fourth-order valence-corrected chi connectivity index (χ4v) is 2.61. The summed E-state index contributed by atoms with van der Waals surface area (Å²) in [5.41, 5.74) is 2.45. The summed E-state index contributed by atoms with van der Waals surface area (Å²) in [6.45, 7) is 5.91. The Morgan fingerprint density at radius 2 is 2.04 bits per heavy atom. The second-order valence-electron chi connectivity index (χ2n) is 5.40. The summed E-state index contributed by atoms with van der Waals surface area (Å²) in [7, 11) is 3.36. The molecule has 24 heavy (non-hydrogen) atoms. The van der Waals surface area contributed by atoms with Crippen LogP contribution in [0.2, 0.25) is 0 Å². The number of nitrogens with one attached hydrogen (secondary N) is 1. The first-order valence-corrected chi connectivity index (χ1v) is 7.51. The molecule has 0 amide bonds. The van der Waals surface area contributed by atoms with Crippen molar-refractivity contribution >= 4 is 22.7 Å². The van der Waals surface area contributed by atoms with Crippen molar-refractivity contribution in [3.8, 4) is 5.75 Å². The van der Waals surface area contributed by atoms with Crippen molar-refractivity contribution in [2.75, 3.05) is 12.4 Å². The number of aromatic nitrogens is 4. The number of fused-ring (bicyclic) bond motifs is 1. The third-order valence-corrected chi connectivity index (χ3v) is 3.77. The molecule has 2 aromatic heterocycles. The molecule has 0 atom stereocenters. The Labute approximate surface area is 139 Å². The van der Waals surface area contributed by atoms with Crippen molar-refractivity contribution in [1.82, 2.24) is 19.3 Å². The quantitative estimate of drug-likeness (QED) is 0.729. The van der Waals surface area contributed by atoms with Crippen LogP contribution in [0, 0.1) is 6.92 Å². The van der Waals surface area contributed by atoms with Gasteiger partial charge >= 0.3 is 0 Å². The molecule has 0 unspecified atom stereocenters. The first-order valence-electron chi connectivity index (χ1n) is 7.51. The molecule has 1 N–H and O–H groups in total. The van der Waals surface area contributed by atoms with E-state index in [1.807, 2.05) is 31.2 Å². The Morgan fingerprint density at radius 3 is 2.67 bits per heavy atom. The Balaban J connectivity index is 2.14. The first kappa shape index (κ1) is 15.8. The fraction of sp³-hybridized carbons (Fsp3) is 0.235. The summed E-state index contributed by atoms with van der Waals surface area (Å²) in [5.74, 6) is 1.21. The summed E-state index contributed by atoms with van der Waals surface area (Å²) in [4.78, 5) is 17.4. The number of hydrogen-bond donors (Lipinski definition) is 1. The highest BCUT2D eigenvalue weighted by molar-refractivity contribution is 5.78. The van der Waals surface area contributed by atoms with Gasteiger partial charge in [0.05, 0.1) is 12.8 Å². The van der Waals surface area contributed by atoms with Crippen molar-refractivity contribution in [2.45, 2.75) is 13.5 Å². The van der Waals surface area contributed by atoms with Crippen LogP contribution < -0.4 is 15.6 Å². The zero-order chi connectivity index (χ0) is 17.3. The smallest absolute Gasteiger partial charge is 0.281 e. The van der Waals surface area contributed by atoms with Crippen molar-refractivity contribution < 1.29 is 4.74 Å². The molecule has 0 saturated carbocycles. The van der Waals surface area contributed by atoms with E-state index in [2.05, 4.69) is 22.0 Å². The molecule has 7 heteroatoms. The molecule has 0 fully saturated rings. The molecule has 0 aliphatic heterocycles. The molecule has 0 bridgehead atoms. The Hall–Kier alpha value is -3.09. The molecule has 2 heterocycles. The third-order valence-electron chi connectivity index (χ3n) is 3.77. The number of methoxy groups -OCH3 is 1. The van der Waals surface area contributed by atoms with Gasteiger partial charge in [0.1, 0.15) is 11.3 Å². The van der Waals surface area contributed by atoms with Gasteiger partial charge in [-0.1, -0.05) is 6.08 Å². The zero-order valence-electron chi connectivity index (χ0n) is 13.9. The summed E-state index contributed by atoms with van der Waals surface area (Å²) >= 11 is 0. The van der Waals surface area contributed by atoms with Crippen molar-refractivity contribution in [1.29, 1.82) is 0 Å². The van der Waals surface area contributed by atoms with E-state index in [9.17, 15) is 4.79 Å². The first-order chi connectivity index (χ1) is 11.5. The van der Waals surface area contributed by atoms with Crippen LogP contribution in [-0.2, 0) is 13.6 Å². The predicted octanol–water partition coefficient (Wildman–Crippen LogP) is 2.38. The van der Waals surface area contributed by atoms with E-state index in [-0.39, 0.29) is 5.56 Å². The molecule has 124 valence electrons. The van der Waals surface area contributed by atoms with Crippen LogP contribution in [0.4, 0.5) is 11.6 Å². The van der Waals surface area contributed by atoms with Crippen molar-refractivity contribution in [3.05, 3.63) is 53.0 Å². The minimum Gasteiger partial charge on any atom is -0.497 e. The van der Waals surface area contributed by atoms with Gasteiger partial charge in [-0.2, -0.15) is 5.10 Å². The van der Waals surface area contributed by atoms with Gasteiger partial charge in [0.15, 0.2) is 5.52 Å². The van der Waals surface area contributed by atoms with Gasteiger partial charge in [-0.3, -0.25) is 14.0 Å². The minimum absolute atomic E-state index is 0.154. The van der Waals surface area contributed by atoms with Gasteiger partial charge in [0.2, 0.25) is 5.95 Å². The van der Waals surface area contributed by atoms with Crippen molar-refractivity contribution in [3.63, 3.8) is 0 Å². The highest BCUT2D eigenvalue weighted by atomic mass is 16.5. The van der Waals surface area contributed by atoms with Gasteiger partial charge in [0.25, 0.3) is 5.56 Å². The zero-order valence-corrected chi connectivity index (χ0v) is 13.9. The van der Waals surface area contributed by atoms with Crippen LogP contribution in [-0.4, -0.2) is 26.4 Å². The van der Waals surface area contributed by atoms with E-state index in [4.69, 9.17) is 4.74 Å². The lowest BCUT2D eigenvalue weighted by atomic mass is 10.3. The minimum atomic E-state index is -0.154. The standard InChI is InChI=1S/C17H19N5O2/c1-5-10-22-16(23)15-14(11(2)20-21(15)3)19-17(22)18-12-6-8-13(24-4)9-7-12/h5-9H,1,10H2,2-4H3,(H,18,19). The van der Waals surface area contributed by atoms with E-state index in [1.165, 1.54) is 0 Å². The van der Waals surface area contributed by atoms with Crippen LogP contribution >= 0.6 is 0 Å². The molecule has 7 nitrogen and oxygen atoms in total. The third kappa shape index (κ3) is 2.64. The van der Waals surface area contributed by atoms with Crippen LogP contribution in [0.1, 0.15) is 5.69 Å². The van der Waals surface area contributed by atoms with Crippen molar-refractivity contribution in [2.24, 2.45) is 7.05 Å². The molecule has 0 spiro atoms. The molecule has 3 aromatic rings. The number of anilines is 2. The monoisotopic (exact) mass is 325 g/mol. The molecule has 0 aliphatic carbocycles. The number of nitrogens with zero attached hydrogens (tertiary/aromatic N) is 4. The molecule has 3 rings (SSSR count). The lowest BCUT2D eigenvalue weighted by Crippen LogP contribution is -2.25. The summed E-state index contributed by atoms with van der Waals surface area (Å²) in [5, 5.41) is 7.48. The van der Waals surface area contributed by atoms with Gasteiger partial charge < -0.3 is 10.1 Å². The number of rotatable bonds is 5. The molecular formula is C17H19N5O2. The highest BCUT2D eigenvalue weighted by Gasteiger charge is 2.16. The van der Waals surface area contributed by atoms with E-state index in [0.29, 0.717) is 29.2 Å². The van der Waals surface area contributed by atoms with Gasteiger partial charge in [-0.25, -0.2) is 4.98 Å². The maximum atomic E-state index is 12.8. The van der Waals surface area contributed by atoms with E-state index in [0.717, 1.165) is 11.4 Å². The lowest BCUT2D eigenvalue weighted by molar-refractivity contribution is 0.415. The fourth-order valence-electron chi connectivity index (χ4n) is 2.61. The van der Waals surface area contributed by atoms with Crippen LogP contribution in [0.25, 0.3) is 11.0 Å². The number of ether oxygens (including phenoxy) is 1. The number of aryl methyl sites for hydroxylation is 2. The Bertz CT molecular complexity index is 954. The van der Waals surface area contributed by atoms with E-state index in [1.54, 1.807) is 29.5 Å². The predicted molar refractivity (Wildman–Crippen MR) is 94.0 cm³/mol. The largest absolute Gasteiger partial charge is 0.497 e. The SMILES string of the molecule is C=CCn1c(Nc2ccc(OC)cc2)nc2c(C)nn(C)c2c1=O. The second kappa shape index (κ2) is 6.19. The Kier molecular flexibility index (Phi) is 4.07. The van der Waals surface area contributed by atoms with Gasteiger partial charge in [-0.05, 0) is 31.2 Å².